The second kappa shape index (κ2) is 5.89. The van der Waals surface area contributed by atoms with Crippen LogP contribution in [0.15, 0.2) is 24.3 Å². The van der Waals surface area contributed by atoms with Crippen LogP contribution in [0.1, 0.15) is 16.8 Å². The quantitative estimate of drug-likeness (QED) is 0.881. The minimum Gasteiger partial charge on any atom is -0.478 e. The molecule has 2 saturated heterocycles. The molecule has 0 spiro atoms. The predicted molar refractivity (Wildman–Crippen MR) is 84.2 cm³/mol. The third kappa shape index (κ3) is 3.25. The number of anilines is 1. The molecule has 0 bridgehead atoms. The molecular formula is C15H20N2O4S. The summed E-state index contributed by atoms with van der Waals surface area (Å²) in [6, 6.07) is 7.07. The number of benzene rings is 1. The molecule has 1 aromatic carbocycles. The SMILES string of the molecule is O=C(O)c1ccc(N2CCN([C@@H]3CCS(=O)(=O)C3)CC2)cc1. The summed E-state index contributed by atoms with van der Waals surface area (Å²) in [7, 11) is -2.83. The van der Waals surface area contributed by atoms with Crippen molar-refractivity contribution in [1.29, 1.82) is 0 Å². The molecule has 2 aliphatic rings. The highest BCUT2D eigenvalue weighted by Crippen LogP contribution is 2.22. The Kier molecular flexibility index (Phi) is 4.10. The molecular weight excluding hydrogens is 304 g/mol. The zero-order chi connectivity index (χ0) is 15.7. The van der Waals surface area contributed by atoms with E-state index in [2.05, 4.69) is 9.80 Å². The third-order valence-electron chi connectivity index (χ3n) is 4.52. The lowest BCUT2D eigenvalue weighted by molar-refractivity contribution is 0.0697. The van der Waals surface area contributed by atoms with Gasteiger partial charge in [0.1, 0.15) is 0 Å². The van der Waals surface area contributed by atoms with E-state index in [1.54, 1.807) is 12.1 Å². The highest BCUT2D eigenvalue weighted by Gasteiger charge is 2.33. The van der Waals surface area contributed by atoms with Gasteiger partial charge >= 0.3 is 5.97 Å². The van der Waals surface area contributed by atoms with Crippen molar-refractivity contribution in [3.63, 3.8) is 0 Å². The van der Waals surface area contributed by atoms with Crippen LogP contribution in [0.25, 0.3) is 0 Å². The summed E-state index contributed by atoms with van der Waals surface area (Å²) in [6.45, 7) is 3.37. The lowest BCUT2D eigenvalue weighted by Gasteiger charge is -2.38. The summed E-state index contributed by atoms with van der Waals surface area (Å²) in [4.78, 5) is 15.3. The molecule has 0 saturated carbocycles. The molecule has 3 rings (SSSR count). The van der Waals surface area contributed by atoms with E-state index in [9.17, 15) is 13.2 Å². The largest absolute Gasteiger partial charge is 0.478 e. The van der Waals surface area contributed by atoms with Crippen LogP contribution in [0, 0.1) is 0 Å². The first-order valence-corrected chi connectivity index (χ1v) is 9.29. The Balaban J connectivity index is 1.58. The Hall–Kier alpha value is -1.60. The molecule has 6 nitrogen and oxygen atoms in total. The number of piperazine rings is 1. The molecule has 22 heavy (non-hydrogen) atoms. The number of carboxylic acids is 1. The van der Waals surface area contributed by atoms with Crippen molar-refractivity contribution in [3.8, 4) is 0 Å². The van der Waals surface area contributed by atoms with Crippen LogP contribution < -0.4 is 4.90 Å². The normalized spacial score (nSPS) is 25.3. The van der Waals surface area contributed by atoms with E-state index in [1.165, 1.54) is 0 Å². The Morgan fingerprint density at radius 1 is 1.09 bits per heavy atom. The van der Waals surface area contributed by atoms with E-state index in [0.29, 0.717) is 17.1 Å². The smallest absolute Gasteiger partial charge is 0.335 e. The fourth-order valence-corrected chi connectivity index (χ4v) is 4.99. The molecule has 7 heteroatoms. The third-order valence-corrected chi connectivity index (χ3v) is 6.27. The number of rotatable bonds is 3. The van der Waals surface area contributed by atoms with Gasteiger partial charge in [0, 0.05) is 37.9 Å². The van der Waals surface area contributed by atoms with E-state index in [-0.39, 0.29) is 6.04 Å². The number of carbonyl (C=O) groups is 1. The van der Waals surface area contributed by atoms with Crippen LogP contribution in [0.2, 0.25) is 0 Å². The number of hydrogen-bond acceptors (Lipinski definition) is 5. The minimum absolute atomic E-state index is 0.168. The maximum absolute atomic E-state index is 11.6. The van der Waals surface area contributed by atoms with E-state index in [1.807, 2.05) is 12.1 Å². The lowest BCUT2D eigenvalue weighted by Crippen LogP contribution is -2.50. The second-order valence-corrected chi connectivity index (χ2v) is 8.16. The highest BCUT2D eigenvalue weighted by molar-refractivity contribution is 7.91. The van der Waals surface area contributed by atoms with Gasteiger partial charge in [-0.15, -0.1) is 0 Å². The van der Waals surface area contributed by atoms with Gasteiger partial charge in [-0.3, -0.25) is 4.90 Å². The van der Waals surface area contributed by atoms with E-state index >= 15 is 0 Å². The number of carboxylic acid groups (broad SMARTS) is 1. The first-order chi connectivity index (χ1) is 10.4. The predicted octanol–water partition coefficient (Wildman–Crippen LogP) is 0.694. The molecule has 1 N–H and O–H groups in total. The average Bonchev–Trinajstić information content (AvgIpc) is 2.88. The number of aromatic carboxylic acids is 1. The topological polar surface area (TPSA) is 77.9 Å². The molecule has 1 aromatic rings. The zero-order valence-corrected chi connectivity index (χ0v) is 13.1. The molecule has 120 valence electrons. The summed E-state index contributed by atoms with van der Waals surface area (Å²) in [5.74, 6) is -0.312. The van der Waals surface area contributed by atoms with Gasteiger partial charge in [0.25, 0.3) is 0 Å². The van der Waals surface area contributed by atoms with Crippen molar-refractivity contribution in [3.05, 3.63) is 29.8 Å². The molecule has 0 amide bonds. The molecule has 2 fully saturated rings. The standard InChI is InChI=1S/C15H20N2O4S/c18-15(19)12-1-3-13(4-2-12)16-6-8-17(9-7-16)14-5-10-22(20,21)11-14/h1-4,14H,5-11H2,(H,18,19)/t14-/m1/s1. The summed E-state index contributed by atoms with van der Waals surface area (Å²) in [6.07, 6.45) is 0.746. The van der Waals surface area contributed by atoms with Crippen LogP contribution in [0.4, 0.5) is 5.69 Å². The van der Waals surface area contributed by atoms with Gasteiger partial charge in [-0.25, -0.2) is 13.2 Å². The van der Waals surface area contributed by atoms with Gasteiger partial charge in [-0.2, -0.15) is 0 Å². The van der Waals surface area contributed by atoms with Crippen LogP contribution in [0.3, 0.4) is 0 Å². The van der Waals surface area contributed by atoms with E-state index in [4.69, 9.17) is 5.11 Å². The van der Waals surface area contributed by atoms with Crippen LogP contribution in [0.5, 0.6) is 0 Å². The summed E-state index contributed by atoms with van der Waals surface area (Å²) >= 11 is 0. The Bertz CT molecular complexity index is 649. The summed E-state index contributed by atoms with van der Waals surface area (Å²) in [5.41, 5.74) is 1.31. The molecule has 2 aliphatic heterocycles. The Morgan fingerprint density at radius 3 is 2.23 bits per heavy atom. The van der Waals surface area contributed by atoms with E-state index < -0.39 is 15.8 Å². The van der Waals surface area contributed by atoms with Crippen molar-refractivity contribution in [2.75, 3.05) is 42.6 Å². The minimum atomic E-state index is -2.83. The van der Waals surface area contributed by atoms with Gasteiger partial charge in [0.05, 0.1) is 17.1 Å². The van der Waals surface area contributed by atoms with Crippen molar-refractivity contribution in [1.82, 2.24) is 4.90 Å². The molecule has 0 unspecified atom stereocenters. The van der Waals surface area contributed by atoms with Gasteiger partial charge in [0.15, 0.2) is 9.84 Å². The number of nitrogens with zero attached hydrogens (tertiary/aromatic N) is 2. The maximum Gasteiger partial charge on any atom is 0.335 e. The fraction of sp³-hybridized carbons (Fsp3) is 0.533. The Labute approximate surface area is 130 Å². The van der Waals surface area contributed by atoms with Gasteiger partial charge < -0.3 is 10.0 Å². The van der Waals surface area contributed by atoms with Gasteiger partial charge in [0.2, 0.25) is 0 Å². The van der Waals surface area contributed by atoms with Crippen molar-refractivity contribution < 1.29 is 18.3 Å². The van der Waals surface area contributed by atoms with Crippen LogP contribution in [-0.2, 0) is 9.84 Å². The molecule has 1 atom stereocenters. The average molecular weight is 324 g/mol. The molecule has 0 aromatic heterocycles. The van der Waals surface area contributed by atoms with E-state index in [0.717, 1.165) is 38.3 Å². The van der Waals surface area contributed by atoms with Crippen molar-refractivity contribution in [2.45, 2.75) is 12.5 Å². The van der Waals surface area contributed by atoms with Crippen molar-refractivity contribution >= 4 is 21.5 Å². The second-order valence-electron chi connectivity index (χ2n) is 5.93. The molecule has 0 aliphatic carbocycles. The zero-order valence-electron chi connectivity index (χ0n) is 12.3. The first-order valence-electron chi connectivity index (χ1n) is 7.47. The summed E-state index contributed by atoms with van der Waals surface area (Å²) < 4.78 is 23.1. The molecule has 2 heterocycles. The van der Waals surface area contributed by atoms with Crippen molar-refractivity contribution in [2.24, 2.45) is 0 Å². The number of sulfone groups is 1. The first kappa shape index (κ1) is 15.3. The lowest BCUT2D eigenvalue weighted by atomic mass is 10.1. The van der Waals surface area contributed by atoms with Gasteiger partial charge in [-0.05, 0) is 30.7 Å². The van der Waals surface area contributed by atoms with Crippen LogP contribution in [-0.4, -0.2) is 68.1 Å². The monoisotopic (exact) mass is 324 g/mol. The number of hydrogen-bond donors (Lipinski definition) is 1. The van der Waals surface area contributed by atoms with Crippen LogP contribution >= 0.6 is 0 Å². The van der Waals surface area contributed by atoms with Gasteiger partial charge in [-0.1, -0.05) is 0 Å². The molecule has 0 radical (unpaired) electrons. The fourth-order valence-electron chi connectivity index (χ4n) is 3.22. The Morgan fingerprint density at radius 2 is 1.73 bits per heavy atom. The summed E-state index contributed by atoms with van der Waals surface area (Å²) in [5, 5.41) is 8.92. The highest BCUT2D eigenvalue weighted by atomic mass is 32.2. The maximum atomic E-state index is 11.6.